The molecule has 2 aromatic rings. The summed E-state index contributed by atoms with van der Waals surface area (Å²) in [5.41, 5.74) is 1.42. The number of amides is 3. The zero-order valence-corrected chi connectivity index (χ0v) is 13.0. The fourth-order valence-electron chi connectivity index (χ4n) is 2.16. The fourth-order valence-corrected chi connectivity index (χ4v) is 2.16. The van der Waals surface area contributed by atoms with E-state index in [0.717, 1.165) is 0 Å². The van der Waals surface area contributed by atoms with Crippen LogP contribution in [-0.4, -0.2) is 43.1 Å². The summed E-state index contributed by atoms with van der Waals surface area (Å²) in [5.74, 6) is -0.812. The van der Waals surface area contributed by atoms with Gasteiger partial charge in [0.15, 0.2) is 0 Å². The lowest BCUT2D eigenvalue weighted by molar-refractivity contribution is -0.122. The Balaban J connectivity index is 2.21. The van der Waals surface area contributed by atoms with Gasteiger partial charge in [0.05, 0.1) is 12.7 Å². The van der Waals surface area contributed by atoms with Crippen molar-refractivity contribution < 1.29 is 19.1 Å². The van der Waals surface area contributed by atoms with Crippen molar-refractivity contribution in [1.29, 1.82) is 0 Å². The van der Waals surface area contributed by atoms with Crippen LogP contribution in [0.25, 0.3) is 10.9 Å². The van der Waals surface area contributed by atoms with Gasteiger partial charge >= 0.3 is 12.0 Å². The van der Waals surface area contributed by atoms with Crippen LogP contribution in [0.15, 0.2) is 24.4 Å². The van der Waals surface area contributed by atoms with Crippen molar-refractivity contribution in [3.63, 3.8) is 0 Å². The zero-order valence-electron chi connectivity index (χ0n) is 13.0. The number of aromatic nitrogens is 1. The van der Waals surface area contributed by atoms with Gasteiger partial charge in [-0.25, -0.2) is 9.59 Å². The molecule has 1 aromatic carbocycles. The van der Waals surface area contributed by atoms with Gasteiger partial charge in [0, 0.05) is 29.8 Å². The molecule has 4 N–H and O–H groups in total. The number of fused-ring (bicyclic) bond motifs is 1. The van der Waals surface area contributed by atoms with Gasteiger partial charge in [-0.05, 0) is 25.1 Å². The Morgan fingerprint density at radius 1 is 1.26 bits per heavy atom. The summed E-state index contributed by atoms with van der Waals surface area (Å²) in [7, 11) is 2.78. The summed E-state index contributed by atoms with van der Waals surface area (Å²) in [5, 5.41) is 8.22. The highest BCUT2D eigenvalue weighted by atomic mass is 16.5. The number of benzene rings is 1. The molecule has 0 aliphatic rings. The van der Waals surface area contributed by atoms with E-state index in [1.54, 1.807) is 25.3 Å². The van der Waals surface area contributed by atoms with Gasteiger partial charge in [-0.2, -0.15) is 0 Å². The van der Waals surface area contributed by atoms with Gasteiger partial charge in [-0.3, -0.25) is 4.79 Å². The average molecular weight is 318 g/mol. The molecule has 1 atom stereocenters. The molecule has 0 radical (unpaired) electrons. The Morgan fingerprint density at radius 2 is 2.00 bits per heavy atom. The van der Waals surface area contributed by atoms with Crippen molar-refractivity contribution in [2.24, 2.45) is 0 Å². The Labute approximate surface area is 132 Å². The van der Waals surface area contributed by atoms with Crippen LogP contribution in [0.3, 0.4) is 0 Å². The standard InChI is InChI=1S/C15H18N4O4/c1-8(13(20)16-2)18-15(22)19-9-6-11(14(21)23-3)10-4-5-17-12(10)7-9/h4-8,17H,1-3H3,(H,16,20)(H2,18,19,22)/t8-/m1/s1. The molecule has 1 heterocycles. The third-order valence-corrected chi connectivity index (χ3v) is 3.32. The summed E-state index contributed by atoms with van der Waals surface area (Å²) < 4.78 is 4.75. The molecule has 122 valence electrons. The van der Waals surface area contributed by atoms with E-state index in [9.17, 15) is 14.4 Å². The van der Waals surface area contributed by atoms with E-state index in [0.29, 0.717) is 22.2 Å². The quantitative estimate of drug-likeness (QED) is 0.635. The fraction of sp³-hybridized carbons (Fsp3) is 0.267. The van der Waals surface area contributed by atoms with Crippen molar-refractivity contribution in [3.8, 4) is 0 Å². The number of aromatic amines is 1. The summed E-state index contributed by atoms with van der Waals surface area (Å²) >= 11 is 0. The molecule has 3 amide bonds. The molecule has 0 aliphatic carbocycles. The number of methoxy groups -OCH3 is 1. The lowest BCUT2D eigenvalue weighted by Crippen LogP contribution is -2.45. The topological polar surface area (TPSA) is 112 Å². The lowest BCUT2D eigenvalue weighted by Gasteiger charge is -2.14. The molecule has 0 aliphatic heterocycles. The van der Waals surface area contributed by atoms with E-state index in [1.807, 2.05) is 0 Å². The second kappa shape index (κ2) is 6.82. The highest BCUT2D eigenvalue weighted by Crippen LogP contribution is 2.23. The highest BCUT2D eigenvalue weighted by molar-refractivity contribution is 6.06. The second-order valence-corrected chi connectivity index (χ2v) is 4.89. The third-order valence-electron chi connectivity index (χ3n) is 3.32. The van der Waals surface area contributed by atoms with Gasteiger partial charge in [0.25, 0.3) is 0 Å². The molecule has 0 fully saturated rings. The number of urea groups is 1. The number of carbonyl (C=O) groups excluding carboxylic acids is 3. The number of rotatable bonds is 4. The molecular formula is C15H18N4O4. The van der Waals surface area contributed by atoms with Crippen molar-refractivity contribution in [2.45, 2.75) is 13.0 Å². The first-order chi connectivity index (χ1) is 11.0. The van der Waals surface area contributed by atoms with E-state index in [1.165, 1.54) is 20.2 Å². The van der Waals surface area contributed by atoms with Crippen LogP contribution in [0.1, 0.15) is 17.3 Å². The Hall–Kier alpha value is -3.03. The number of nitrogens with one attached hydrogen (secondary N) is 4. The average Bonchev–Trinajstić information content (AvgIpc) is 3.00. The first-order valence-electron chi connectivity index (χ1n) is 6.94. The normalized spacial score (nSPS) is 11.6. The van der Waals surface area contributed by atoms with Crippen LogP contribution in [0.5, 0.6) is 0 Å². The van der Waals surface area contributed by atoms with Crippen LogP contribution in [-0.2, 0) is 9.53 Å². The van der Waals surface area contributed by atoms with Gasteiger partial charge < -0.3 is 25.7 Å². The third kappa shape index (κ3) is 3.60. The van der Waals surface area contributed by atoms with Crippen molar-refractivity contribution in [1.82, 2.24) is 15.6 Å². The summed E-state index contributed by atoms with van der Waals surface area (Å²) in [4.78, 5) is 38.2. The van der Waals surface area contributed by atoms with Crippen LogP contribution in [0, 0.1) is 0 Å². The summed E-state index contributed by atoms with van der Waals surface area (Å²) in [6, 6.07) is 3.72. The first-order valence-corrected chi connectivity index (χ1v) is 6.94. The molecule has 8 nitrogen and oxygen atoms in total. The smallest absolute Gasteiger partial charge is 0.338 e. The Morgan fingerprint density at radius 3 is 2.65 bits per heavy atom. The van der Waals surface area contributed by atoms with Gasteiger partial charge in [-0.15, -0.1) is 0 Å². The number of likely N-dealkylation sites (N-methyl/N-ethyl adjacent to an activating group) is 1. The molecule has 0 saturated heterocycles. The number of esters is 1. The maximum atomic E-state index is 11.9. The van der Waals surface area contributed by atoms with E-state index in [2.05, 4.69) is 20.9 Å². The lowest BCUT2D eigenvalue weighted by atomic mass is 10.1. The van der Waals surface area contributed by atoms with E-state index in [4.69, 9.17) is 4.74 Å². The van der Waals surface area contributed by atoms with Crippen molar-refractivity contribution in [3.05, 3.63) is 30.0 Å². The molecule has 0 saturated carbocycles. The molecular weight excluding hydrogens is 300 g/mol. The van der Waals surface area contributed by atoms with E-state index in [-0.39, 0.29) is 5.91 Å². The van der Waals surface area contributed by atoms with Gasteiger partial charge in [0.2, 0.25) is 5.91 Å². The number of ether oxygens (including phenoxy) is 1. The molecule has 2 rings (SSSR count). The number of H-pyrrole nitrogens is 1. The SMILES string of the molecule is CNC(=O)[C@@H](C)NC(=O)Nc1cc(C(=O)OC)c2cc[nH]c2c1. The van der Waals surface area contributed by atoms with Crippen LogP contribution < -0.4 is 16.0 Å². The predicted octanol–water partition coefficient (Wildman–Crippen LogP) is 1.21. The molecule has 0 bridgehead atoms. The number of hydrogen-bond acceptors (Lipinski definition) is 4. The predicted molar refractivity (Wildman–Crippen MR) is 85.3 cm³/mol. The summed E-state index contributed by atoms with van der Waals surface area (Å²) in [6.07, 6.45) is 1.69. The van der Waals surface area contributed by atoms with Crippen molar-refractivity contribution >= 4 is 34.5 Å². The monoisotopic (exact) mass is 318 g/mol. The largest absolute Gasteiger partial charge is 0.465 e. The van der Waals surface area contributed by atoms with Crippen LogP contribution in [0.4, 0.5) is 10.5 Å². The van der Waals surface area contributed by atoms with Gasteiger partial charge in [0.1, 0.15) is 6.04 Å². The number of anilines is 1. The van der Waals surface area contributed by atoms with Crippen molar-refractivity contribution in [2.75, 3.05) is 19.5 Å². The molecule has 0 unspecified atom stereocenters. The maximum absolute atomic E-state index is 11.9. The Bertz CT molecular complexity index is 753. The molecule has 1 aromatic heterocycles. The van der Waals surface area contributed by atoms with E-state index >= 15 is 0 Å². The molecule has 8 heteroatoms. The van der Waals surface area contributed by atoms with E-state index < -0.39 is 18.0 Å². The minimum Gasteiger partial charge on any atom is -0.465 e. The first kappa shape index (κ1) is 16.3. The number of hydrogen-bond donors (Lipinski definition) is 4. The van der Waals surface area contributed by atoms with Crippen LogP contribution in [0.2, 0.25) is 0 Å². The second-order valence-electron chi connectivity index (χ2n) is 4.89. The zero-order chi connectivity index (χ0) is 17.0. The minimum atomic E-state index is -0.686. The minimum absolute atomic E-state index is 0.310. The number of carbonyl (C=O) groups is 3. The summed E-state index contributed by atoms with van der Waals surface area (Å²) in [6.45, 7) is 1.56. The van der Waals surface area contributed by atoms with Gasteiger partial charge in [-0.1, -0.05) is 0 Å². The van der Waals surface area contributed by atoms with Crippen LogP contribution >= 0.6 is 0 Å². The molecule has 0 spiro atoms. The highest BCUT2D eigenvalue weighted by Gasteiger charge is 2.16. The Kier molecular flexibility index (Phi) is 4.85. The molecule has 23 heavy (non-hydrogen) atoms. The maximum Gasteiger partial charge on any atom is 0.338 e.